The van der Waals surface area contributed by atoms with Gasteiger partial charge in [-0.05, 0) is 38.7 Å². The van der Waals surface area contributed by atoms with Gasteiger partial charge in [-0.15, -0.1) is 5.92 Å². The molecule has 0 aromatic carbocycles. The predicted molar refractivity (Wildman–Crippen MR) is 54.2 cm³/mol. The molecule has 0 amide bonds. The van der Waals surface area contributed by atoms with Gasteiger partial charge in [-0.3, -0.25) is 4.79 Å². The van der Waals surface area contributed by atoms with Gasteiger partial charge in [-0.2, -0.15) is 0 Å². The maximum absolute atomic E-state index is 11.3. The molecule has 0 N–H and O–H groups in total. The molecule has 0 spiro atoms. The first-order valence-electron chi connectivity index (χ1n) is 4.95. The van der Waals surface area contributed by atoms with E-state index in [-0.39, 0.29) is 5.78 Å². The van der Waals surface area contributed by atoms with Gasteiger partial charge in [-0.1, -0.05) is 17.9 Å². The first-order chi connectivity index (χ1) is 6.33. The molecule has 0 atom stereocenters. The minimum Gasteiger partial charge on any atom is -0.294 e. The molecule has 70 valence electrons. The van der Waals surface area contributed by atoms with Gasteiger partial charge in [0.2, 0.25) is 0 Å². The van der Waals surface area contributed by atoms with E-state index in [2.05, 4.69) is 11.8 Å². The van der Waals surface area contributed by atoms with E-state index in [0.717, 1.165) is 12.8 Å². The van der Waals surface area contributed by atoms with Crippen LogP contribution in [0.25, 0.3) is 0 Å². The first kappa shape index (κ1) is 10.1. The van der Waals surface area contributed by atoms with Crippen LogP contribution in [0.2, 0.25) is 0 Å². The van der Waals surface area contributed by atoms with Crippen molar-refractivity contribution in [2.75, 3.05) is 0 Å². The zero-order chi connectivity index (χ0) is 9.52. The standard InChI is InChI=1S/C12H16O/c1-2-3-9-12(13)10-11-7-5-4-6-8-11/h10H,4-9H2,1H3. The molecule has 13 heavy (non-hydrogen) atoms. The maximum Gasteiger partial charge on any atom is 0.167 e. The van der Waals surface area contributed by atoms with Crippen molar-refractivity contribution in [3.63, 3.8) is 0 Å². The molecule has 1 rings (SSSR count). The minimum atomic E-state index is 0.172. The third-order valence-electron chi connectivity index (χ3n) is 2.30. The number of rotatable bonds is 2. The van der Waals surface area contributed by atoms with Crippen LogP contribution in [0.3, 0.4) is 0 Å². The minimum absolute atomic E-state index is 0.172. The molecule has 0 heterocycles. The highest BCUT2D eigenvalue weighted by molar-refractivity contribution is 5.92. The number of carbonyl (C=O) groups is 1. The summed E-state index contributed by atoms with van der Waals surface area (Å²) in [6, 6.07) is 0. The molecule has 1 saturated carbocycles. The molecular formula is C12H16O. The smallest absolute Gasteiger partial charge is 0.167 e. The van der Waals surface area contributed by atoms with E-state index < -0.39 is 0 Å². The molecule has 1 aliphatic rings. The summed E-state index contributed by atoms with van der Waals surface area (Å²) in [5, 5.41) is 0. The molecule has 1 fully saturated rings. The van der Waals surface area contributed by atoms with Crippen LogP contribution in [0.4, 0.5) is 0 Å². The van der Waals surface area contributed by atoms with Gasteiger partial charge in [0.05, 0.1) is 6.42 Å². The molecule has 1 heteroatoms. The van der Waals surface area contributed by atoms with Crippen LogP contribution < -0.4 is 0 Å². The molecule has 0 aromatic heterocycles. The van der Waals surface area contributed by atoms with Crippen molar-refractivity contribution in [3.8, 4) is 11.8 Å². The second-order valence-corrected chi connectivity index (χ2v) is 3.43. The lowest BCUT2D eigenvalue weighted by molar-refractivity contribution is -0.113. The summed E-state index contributed by atoms with van der Waals surface area (Å²) in [6.07, 6.45) is 8.25. The van der Waals surface area contributed by atoms with E-state index in [1.54, 1.807) is 6.92 Å². The summed E-state index contributed by atoms with van der Waals surface area (Å²) in [5.41, 5.74) is 1.33. The van der Waals surface area contributed by atoms with E-state index in [4.69, 9.17) is 0 Å². The molecular weight excluding hydrogens is 160 g/mol. The predicted octanol–water partition coefficient (Wildman–Crippen LogP) is 2.86. The van der Waals surface area contributed by atoms with E-state index in [0.29, 0.717) is 6.42 Å². The fraction of sp³-hybridized carbons (Fsp3) is 0.583. The largest absolute Gasteiger partial charge is 0.294 e. The quantitative estimate of drug-likeness (QED) is 0.467. The Labute approximate surface area is 80.2 Å². The van der Waals surface area contributed by atoms with Crippen molar-refractivity contribution in [1.29, 1.82) is 0 Å². The number of hydrogen-bond donors (Lipinski definition) is 0. The first-order valence-corrected chi connectivity index (χ1v) is 4.95. The van der Waals surface area contributed by atoms with E-state index >= 15 is 0 Å². The van der Waals surface area contributed by atoms with Crippen LogP contribution in [-0.2, 0) is 4.79 Å². The van der Waals surface area contributed by atoms with Gasteiger partial charge in [0.15, 0.2) is 5.78 Å². The highest BCUT2D eigenvalue weighted by Gasteiger charge is 2.06. The van der Waals surface area contributed by atoms with Crippen LogP contribution in [-0.4, -0.2) is 5.78 Å². The van der Waals surface area contributed by atoms with Gasteiger partial charge in [0, 0.05) is 0 Å². The van der Waals surface area contributed by atoms with Gasteiger partial charge in [0.25, 0.3) is 0 Å². The molecule has 0 aromatic rings. The van der Waals surface area contributed by atoms with Crippen LogP contribution in [0, 0.1) is 11.8 Å². The molecule has 0 saturated heterocycles. The lowest BCUT2D eigenvalue weighted by atomic mass is 9.94. The summed E-state index contributed by atoms with van der Waals surface area (Å²) in [5.74, 6) is 5.70. The summed E-state index contributed by atoms with van der Waals surface area (Å²) in [4.78, 5) is 11.3. The number of ketones is 1. The lowest BCUT2D eigenvalue weighted by Crippen LogP contribution is -1.98. The van der Waals surface area contributed by atoms with Gasteiger partial charge in [-0.25, -0.2) is 0 Å². The Balaban J connectivity index is 2.41. The third-order valence-corrected chi connectivity index (χ3v) is 2.30. The summed E-state index contributed by atoms with van der Waals surface area (Å²) in [7, 11) is 0. The van der Waals surface area contributed by atoms with Crippen molar-refractivity contribution >= 4 is 5.78 Å². The Morgan fingerprint density at radius 2 is 2.08 bits per heavy atom. The molecule has 0 aliphatic heterocycles. The van der Waals surface area contributed by atoms with Crippen LogP contribution in [0.15, 0.2) is 11.6 Å². The number of carbonyl (C=O) groups excluding carboxylic acids is 1. The normalized spacial score (nSPS) is 15.9. The average molecular weight is 176 g/mol. The Bertz CT molecular complexity index is 255. The number of hydrogen-bond acceptors (Lipinski definition) is 1. The maximum atomic E-state index is 11.3. The molecule has 1 aliphatic carbocycles. The van der Waals surface area contributed by atoms with E-state index in [1.807, 2.05) is 6.08 Å². The average Bonchev–Trinajstić information content (AvgIpc) is 2.16. The molecule has 1 nitrogen and oxygen atoms in total. The Morgan fingerprint density at radius 1 is 1.38 bits per heavy atom. The second-order valence-electron chi connectivity index (χ2n) is 3.43. The van der Waals surface area contributed by atoms with Gasteiger partial charge >= 0.3 is 0 Å². The summed E-state index contributed by atoms with van der Waals surface area (Å²) >= 11 is 0. The van der Waals surface area contributed by atoms with E-state index in [1.165, 1.54) is 24.8 Å². The SMILES string of the molecule is CC#CCC(=O)C=C1CCCCC1. The van der Waals surface area contributed by atoms with Gasteiger partial charge < -0.3 is 0 Å². The fourth-order valence-electron chi connectivity index (χ4n) is 1.60. The van der Waals surface area contributed by atoms with Crippen molar-refractivity contribution < 1.29 is 4.79 Å². The fourth-order valence-corrected chi connectivity index (χ4v) is 1.60. The Morgan fingerprint density at radius 3 is 2.69 bits per heavy atom. The zero-order valence-electron chi connectivity index (χ0n) is 8.23. The van der Waals surface area contributed by atoms with Crippen LogP contribution >= 0.6 is 0 Å². The van der Waals surface area contributed by atoms with Crippen LogP contribution in [0.5, 0.6) is 0 Å². The highest BCUT2D eigenvalue weighted by atomic mass is 16.1. The van der Waals surface area contributed by atoms with Crippen molar-refractivity contribution in [2.45, 2.75) is 45.4 Å². The molecule has 0 bridgehead atoms. The summed E-state index contributed by atoms with van der Waals surface area (Å²) in [6.45, 7) is 1.76. The Kier molecular flexibility index (Phi) is 4.32. The zero-order valence-corrected chi connectivity index (χ0v) is 8.23. The van der Waals surface area contributed by atoms with E-state index in [9.17, 15) is 4.79 Å². The molecule has 0 unspecified atom stereocenters. The highest BCUT2D eigenvalue weighted by Crippen LogP contribution is 2.22. The van der Waals surface area contributed by atoms with Gasteiger partial charge in [0.1, 0.15) is 0 Å². The number of allylic oxidation sites excluding steroid dienone is 2. The Hall–Kier alpha value is -1.03. The topological polar surface area (TPSA) is 17.1 Å². The van der Waals surface area contributed by atoms with Crippen LogP contribution in [0.1, 0.15) is 45.4 Å². The van der Waals surface area contributed by atoms with Crippen molar-refractivity contribution in [3.05, 3.63) is 11.6 Å². The monoisotopic (exact) mass is 176 g/mol. The van der Waals surface area contributed by atoms with Crippen molar-refractivity contribution in [2.24, 2.45) is 0 Å². The summed E-state index contributed by atoms with van der Waals surface area (Å²) < 4.78 is 0. The lowest BCUT2D eigenvalue weighted by Gasteiger charge is -2.12. The third kappa shape index (κ3) is 3.94. The molecule has 0 radical (unpaired) electrons. The second kappa shape index (κ2) is 5.59. The van der Waals surface area contributed by atoms with Crippen molar-refractivity contribution in [1.82, 2.24) is 0 Å².